The summed E-state index contributed by atoms with van der Waals surface area (Å²) in [5.41, 5.74) is 3.02. The van der Waals surface area contributed by atoms with Gasteiger partial charge < -0.3 is 9.32 Å². The maximum Gasteiger partial charge on any atom is 0.329 e. The molecule has 1 fully saturated rings. The van der Waals surface area contributed by atoms with Crippen molar-refractivity contribution in [3.05, 3.63) is 46.1 Å². The molecular formula is C19H19Cl2N3O3. The summed E-state index contributed by atoms with van der Waals surface area (Å²) in [5, 5.41) is 4.70. The second kappa shape index (κ2) is 9.06. The number of benzene rings is 1. The third-order valence-electron chi connectivity index (χ3n) is 4.28. The van der Waals surface area contributed by atoms with Gasteiger partial charge >= 0.3 is 11.8 Å². The van der Waals surface area contributed by atoms with Crippen LogP contribution in [0.3, 0.4) is 0 Å². The number of furan rings is 1. The third kappa shape index (κ3) is 5.11. The van der Waals surface area contributed by atoms with Crippen LogP contribution in [0.25, 0.3) is 11.3 Å². The lowest BCUT2D eigenvalue weighted by Gasteiger charge is -2.18. The van der Waals surface area contributed by atoms with Crippen LogP contribution < -0.4 is 5.43 Å². The van der Waals surface area contributed by atoms with Crippen LogP contribution in [0.1, 0.15) is 31.4 Å². The monoisotopic (exact) mass is 407 g/mol. The van der Waals surface area contributed by atoms with E-state index in [-0.39, 0.29) is 0 Å². The first kappa shape index (κ1) is 19.5. The molecule has 0 aliphatic carbocycles. The van der Waals surface area contributed by atoms with Crippen LogP contribution >= 0.6 is 23.2 Å². The zero-order chi connectivity index (χ0) is 19.2. The van der Waals surface area contributed by atoms with Gasteiger partial charge in [-0.3, -0.25) is 9.59 Å². The van der Waals surface area contributed by atoms with Gasteiger partial charge in [0.05, 0.1) is 16.3 Å². The predicted octanol–water partition coefficient (Wildman–Crippen LogP) is 4.11. The molecule has 8 heteroatoms. The largest absolute Gasteiger partial charge is 0.455 e. The van der Waals surface area contributed by atoms with Crippen LogP contribution in [-0.4, -0.2) is 36.0 Å². The Kier molecular flexibility index (Phi) is 6.53. The molecule has 0 bridgehead atoms. The number of carbonyl (C=O) groups is 2. The topological polar surface area (TPSA) is 74.9 Å². The van der Waals surface area contributed by atoms with Crippen LogP contribution in [0.5, 0.6) is 0 Å². The van der Waals surface area contributed by atoms with Gasteiger partial charge in [0.15, 0.2) is 0 Å². The van der Waals surface area contributed by atoms with Crippen molar-refractivity contribution in [1.82, 2.24) is 10.3 Å². The average Bonchev–Trinajstić information content (AvgIpc) is 2.96. The van der Waals surface area contributed by atoms with E-state index in [1.54, 1.807) is 35.2 Å². The lowest BCUT2D eigenvalue weighted by Crippen LogP contribution is -2.41. The molecule has 6 nitrogen and oxygen atoms in total. The Balaban J connectivity index is 1.58. The number of nitrogens with one attached hydrogen (secondary N) is 1. The van der Waals surface area contributed by atoms with Crippen LogP contribution in [-0.2, 0) is 9.59 Å². The van der Waals surface area contributed by atoms with Crippen molar-refractivity contribution in [3.8, 4) is 11.3 Å². The SMILES string of the molecule is O=C(N/N=C/c1ccc(-c2ccc(Cl)c(Cl)c2)o1)C(=O)N1CCCCCC1. The van der Waals surface area contributed by atoms with E-state index in [1.165, 1.54) is 6.21 Å². The van der Waals surface area contributed by atoms with Crippen molar-refractivity contribution in [2.24, 2.45) is 5.10 Å². The van der Waals surface area contributed by atoms with Crippen molar-refractivity contribution < 1.29 is 14.0 Å². The number of rotatable bonds is 3. The van der Waals surface area contributed by atoms with Crippen molar-refractivity contribution in [2.45, 2.75) is 25.7 Å². The van der Waals surface area contributed by atoms with Crippen LogP contribution in [0.4, 0.5) is 0 Å². The number of nitrogens with zero attached hydrogens (tertiary/aromatic N) is 2. The molecule has 27 heavy (non-hydrogen) atoms. The van der Waals surface area contributed by atoms with Crippen molar-refractivity contribution in [1.29, 1.82) is 0 Å². The standard InChI is InChI=1S/C19H19Cl2N3O3/c20-15-7-5-13(11-16(15)21)17-8-6-14(27-17)12-22-23-18(25)19(26)24-9-3-1-2-4-10-24/h5-8,11-12H,1-4,9-10H2,(H,23,25)/b22-12+. The van der Waals surface area contributed by atoms with E-state index in [9.17, 15) is 9.59 Å². The minimum absolute atomic E-state index is 0.429. The number of hydrogen-bond acceptors (Lipinski definition) is 4. The van der Waals surface area contributed by atoms with Gasteiger partial charge in [-0.15, -0.1) is 0 Å². The zero-order valence-electron chi connectivity index (χ0n) is 14.6. The summed E-state index contributed by atoms with van der Waals surface area (Å²) in [4.78, 5) is 25.7. The molecule has 0 saturated carbocycles. The summed E-state index contributed by atoms with van der Waals surface area (Å²) in [6.45, 7) is 1.22. The Morgan fingerprint density at radius 2 is 1.78 bits per heavy atom. The van der Waals surface area contributed by atoms with E-state index in [0.717, 1.165) is 31.2 Å². The van der Waals surface area contributed by atoms with E-state index in [1.807, 2.05) is 0 Å². The number of amides is 2. The normalized spacial score (nSPS) is 15.0. The smallest absolute Gasteiger partial charge is 0.329 e. The summed E-state index contributed by atoms with van der Waals surface area (Å²) in [7, 11) is 0. The Labute approximate surface area is 167 Å². The zero-order valence-corrected chi connectivity index (χ0v) is 16.1. The van der Waals surface area contributed by atoms with Gasteiger partial charge in [-0.05, 0) is 43.2 Å². The summed E-state index contributed by atoms with van der Waals surface area (Å²) in [6.07, 6.45) is 5.36. The molecule has 0 spiro atoms. The highest BCUT2D eigenvalue weighted by atomic mass is 35.5. The van der Waals surface area contributed by atoms with Gasteiger partial charge in [0, 0.05) is 18.7 Å². The van der Waals surface area contributed by atoms with Crippen LogP contribution in [0.2, 0.25) is 10.0 Å². The Morgan fingerprint density at radius 3 is 2.48 bits per heavy atom. The van der Waals surface area contributed by atoms with Crippen molar-refractivity contribution >= 4 is 41.2 Å². The van der Waals surface area contributed by atoms with E-state index in [4.69, 9.17) is 27.6 Å². The highest BCUT2D eigenvalue weighted by Crippen LogP contribution is 2.29. The molecule has 0 unspecified atom stereocenters. The molecule has 2 aromatic rings. The average molecular weight is 408 g/mol. The minimum Gasteiger partial charge on any atom is -0.455 e. The molecule has 142 valence electrons. The van der Waals surface area contributed by atoms with Gasteiger partial charge in [-0.2, -0.15) is 5.10 Å². The van der Waals surface area contributed by atoms with E-state index >= 15 is 0 Å². The molecule has 3 rings (SSSR count). The molecule has 2 heterocycles. The van der Waals surface area contributed by atoms with Crippen molar-refractivity contribution in [3.63, 3.8) is 0 Å². The summed E-state index contributed by atoms with van der Waals surface area (Å²) < 4.78 is 5.64. The van der Waals surface area contributed by atoms with Gasteiger partial charge in [0.1, 0.15) is 11.5 Å². The van der Waals surface area contributed by atoms with E-state index in [2.05, 4.69) is 10.5 Å². The molecular weight excluding hydrogens is 389 g/mol. The molecule has 1 aromatic heterocycles. The fourth-order valence-corrected chi connectivity index (χ4v) is 3.14. The number of likely N-dealkylation sites (tertiary alicyclic amines) is 1. The molecule has 1 aliphatic heterocycles. The number of carbonyl (C=O) groups excluding carboxylic acids is 2. The first-order chi connectivity index (χ1) is 13.0. The van der Waals surface area contributed by atoms with Gasteiger partial charge in [-0.25, -0.2) is 5.43 Å². The maximum absolute atomic E-state index is 12.1. The maximum atomic E-state index is 12.1. The molecule has 1 N–H and O–H groups in total. The van der Waals surface area contributed by atoms with Crippen LogP contribution in [0.15, 0.2) is 39.9 Å². The Morgan fingerprint density at radius 1 is 1.04 bits per heavy atom. The third-order valence-corrected chi connectivity index (χ3v) is 5.02. The molecule has 1 aliphatic rings. The number of hydrogen-bond donors (Lipinski definition) is 1. The first-order valence-electron chi connectivity index (χ1n) is 8.72. The molecule has 1 saturated heterocycles. The van der Waals surface area contributed by atoms with Gasteiger partial charge in [0.2, 0.25) is 0 Å². The van der Waals surface area contributed by atoms with E-state index < -0.39 is 11.8 Å². The number of halogens is 2. The van der Waals surface area contributed by atoms with E-state index in [0.29, 0.717) is 34.7 Å². The lowest BCUT2D eigenvalue weighted by atomic mass is 10.2. The summed E-state index contributed by atoms with van der Waals surface area (Å²) in [5.74, 6) is -0.282. The summed E-state index contributed by atoms with van der Waals surface area (Å²) >= 11 is 11.9. The molecule has 0 radical (unpaired) electrons. The van der Waals surface area contributed by atoms with Crippen molar-refractivity contribution in [2.75, 3.05) is 13.1 Å². The Bertz CT molecular complexity index is 856. The first-order valence-corrected chi connectivity index (χ1v) is 9.48. The highest BCUT2D eigenvalue weighted by molar-refractivity contribution is 6.42. The summed E-state index contributed by atoms with van der Waals surface area (Å²) in [6, 6.07) is 8.63. The minimum atomic E-state index is -0.746. The second-order valence-corrected chi connectivity index (χ2v) is 7.05. The van der Waals surface area contributed by atoms with Crippen LogP contribution in [0, 0.1) is 0 Å². The fraction of sp³-hybridized carbons (Fsp3) is 0.316. The van der Waals surface area contributed by atoms with Gasteiger partial charge in [0.25, 0.3) is 0 Å². The quantitative estimate of drug-likeness (QED) is 0.472. The fourth-order valence-electron chi connectivity index (χ4n) is 2.85. The number of hydrazone groups is 1. The molecule has 1 aromatic carbocycles. The van der Waals surface area contributed by atoms with Gasteiger partial charge in [-0.1, -0.05) is 36.0 Å². The lowest BCUT2D eigenvalue weighted by molar-refractivity contribution is -0.145. The Hall–Kier alpha value is -2.31. The molecule has 2 amide bonds. The second-order valence-electron chi connectivity index (χ2n) is 6.24. The molecule has 0 atom stereocenters. The predicted molar refractivity (Wildman–Crippen MR) is 105 cm³/mol. The highest BCUT2D eigenvalue weighted by Gasteiger charge is 2.22.